The molecule has 1 aliphatic rings. The van der Waals surface area contributed by atoms with Gasteiger partial charge in [0.05, 0.1) is 18.8 Å². The van der Waals surface area contributed by atoms with E-state index in [1.165, 1.54) is 0 Å². The van der Waals surface area contributed by atoms with Gasteiger partial charge in [0.1, 0.15) is 5.75 Å². The molecule has 7 nitrogen and oxygen atoms in total. The molecular formula is C29H33ClN4O3. The van der Waals surface area contributed by atoms with E-state index in [9.17, 15) is 9.59 Å². The second kappa shape index (κ2) is 13.1. The van der Waals surface area contributed by atoms with Crippen molar-refractivity contribution in [3.63, 3.8) is 0 Å². The first-order valence-corrected chi connectivity index (χ1v) is 12.9. The van der Waals surface area contributed by atoms with Crippen molar-refractivity contribution in [2.45, 2.75) is 25.4 Å². The molecule has 0 spiro atoms. The smallest absolute Gasteiger partial charge is 0.239 e. The number of nitrogens with zero attached hydrogens (tertiary/aromatic N) is 2. The van der Waals surface area contributed by atoms with E-state index in [1.54, 1.807) is 11.0 Å². The average Bonchev–Trinajstić information content (AvgIpc) is 2.89. The number of nitrogens with one attached hydrogen (secondary N) is 2. The SMILES string of the molecule is CN1CCC(NC(=O)CN(CC(=O)NCc2cccc(Cl)c2)c2ccccc2Oc2ccccc2)CC1. The van der Waals surface area contributed by atoms with E-state index in [-0.39, 0.29) is 30.9 Å². The molecule has 4 rings (SSSR count). The van der Waals surface area contributed by atoms with Crippen LogP contribution in [0, 0.1) is 0 Å². The van der Waals surface area contributed by atoms with Gasteiger partial charge in [0.25, 0.3) is 0 Å². The number of rotatable bonds is 10. The summed E-state index contributed by atoms with van der Waals surface area (Å²) in [5, 5.41) is 6.71. The highest BCUT2D eigenvalue weighted by Crippen LogP contribution is 2.32. The molecule has 0 saturated carbocycles. The third-order valence-electron chi connectivity index (χ3n) is 6.31. The largest absolute Gasteiger partial charge is 0.455 e. The van der Waals surface area contributed by atoms with Crippen LogP contribution in [-0.2, 0) is 16.1 Å². The lowest BCUT2D eigenvalue weighted by Gasteiger charge is -2.31. The van der Waals surface area contributed by atoms with E-state index in [2.05, 4.69) is 22.6 Å². The van der Waals surface area contributed by atoms with Gasteiger partial charge in [-0.1, -0.05) is 54.1 Å². The van der Waals surface area contributed by atoms with Crippen molar-refractivity contribution in [3.05, 3.63) is 89.4 Å². The average molecular weight is 521 g/mol. The van der Waals surface area contributed by atoms with Crippen LogP contribution in [-0.4, -0.2) is 56.0 Å². The maximum Gasteiger partial charge on any atom is 0.239 e. The van der Waals surface area contributed by atoms with E-state index >= 15 is 0 Å². The third kappa shape index (κ3) is 8.23. The lowest BCUT2D eigenvalue weighted by molar-refractivity contribution is -0.121. The van der Waals surface area contributed by atoms with Crippen molar-refractivity contribution in [2.24, 2.45) is 0 Å². The topological polar surface area (TPSA) is 73.9 Å². The lowest BCUT2D eigenvalue weighted by atomic mass is 10.1. The van der Waals surface area contributed by atoms with E-state index in [0.29, 0.717) is 28.8 Å². The second-order valence-electron chi connectivity index (χ2n) is 9.29. The van der Waals surface area contributed by atoms with E-state index in [0.717, 1.165) is 31.5 Å². The Balaban J connectivity index is 1.48. The molecule has 1 fully saturated rings. The van der Waals surface area contributed by atoms with E-state index in [1.807, 2.05) is 72.8 Å². The number of carbonyl (C=O) groups excluding carboxylic acids is 2. The van der Waals surface area contributed by atoms with Crippen molar-refractivity contribution in [3.8, 4) is 11.5 Å². The first-order chi connectivity index (χ1) is 18.0. The van der Waals surface area contributed by atoms with Crippen LogP contribution in [0.1, 0.15) is 18.4 Å². The number of ether oxygens (including phenoxy) is 1. The first kappa shape index (κ1) is 26.5. The molecule has 1 saturated heterocycles. The lowest BCUT2D eigenvalue weighted by Crippen LogP contribution is -2.48. The molecule has 0 bridgehead atoms. The number of amides is 2. The van der Waals surface area contributed by atoms with Gasteiger partial charge in [-0.05, 0) is 74.9 Å². The second-order valence-corrected chi connectivity index (χ2v) is 9.73. The Morgan fingerprint density at radius 2 is 1.65 bits per heavy atom. The molecule has 37 heavy (non-hydrogen) atoms. The Bertz CT molecular complexity index is 1180. The molecule has 1 heterocycles. The Morgan fingerprint density at radius 3 is 2.41 bits per heavy atom. The number of carbonyl (C=O) groups is 2. The minimum atomic E-state index is -0.207. The predicted octanol–water partition coefficient (Wildman–Crippen LogP) is 4.47. The van der Waals surface area contributed by atoms with Crippen LogP contribution in [0.5, 0.6) is 11.5 Å². The summed E-state index contributed by atoms with van der Waals surface area (Å²) in [6, 6.07) is 24.4. The van der Waals surface area contributed by atoms with Crippen molar-refractivity contribution in [1.29, 1.82) is 0 Å². The summed E-state index contributed by atoms with van der Waals surface area (Å²) in [5.74, 6) is 0.924. The molecule has 0 aromatic heterocycles. The highest BCUT2D eigenvalue weighted by Gasteiger charge is 2.23. The summed E-state index contributed by atoms with van der Waals surface area (Å²) in [4.78, 5) is 30.1. The van der Waals surface area contributed by atoms with Gasteiger partial charge in [-0.15, -0.1) is 0 Å². The monoisotopic (exact) mass is 520 g/mol. The molecule has 0 aliphatic carbocycles. The Labute approximate surface area is 223 Å². The summed E-state index contributed by atoms with van der Waals surface area (Å²) in [6.07, 6.45) is 1.83. The van der Waals surface area contributed by atoms with Crippen LogP contribution in [0.2, 0.25) is 5.02 Å². The number of hydrogen-bond donors (Lipinski definition) is 2. The first-order valence-electron chi connectivity index (χ1n) is 12.5. The minimum Gasteiger partial charge on any atom is -0.455 e. The molecule has 3 aromatic rings. The maximum absolute atomic E-state index is 13.1. The summed E-state index contributed by atoms with van der Waals surface area (Å²) in [6.45, 7) is 2.28. The number of anilines is 1. The molecule has 2 N–H and O–H groups in total. The van der Waals surface area contributed by atoms with Crippen LogP contribution < -0.4 is 20.3 Å². The van der Waals surface area contributed by atoms with Crippen molar-refractivity contribution in [2.75, 3.05) is 38.1 Å². The maximum atomic E-state index is 13.1. The molecule has 0 unspecified atom stereocenters. The van der Waals surface area contributed by atoms with Crippen LogP contribution >= 0.6 is 11.6 Å². The summed E-state index contributed by atoms with van der Waals surface area (Å²) < 4.78 is 6.13. The van der Waals surface area contributed by atoms with Gasteiger partial charge < -0.3 is 25.2 Å². The van der Waals surface area contributed by atoms with E-state index in [4.69, 9.17) is 16.3 Å². The summed E-state index contributed by atoms with van der Waals surface area (Å²) in [7, 11) is 2.09. The Kier molecular flexibility index (Phi) is 9.40. The molecule has 1 aliphatic heterocycles. The van der Waals surface area contributed by atoms with Gasteiger partial charge in [-0.25, -0.2) is 0 Å². The molecule has 194 valence electrons. The Hall–Kier alpha value is -3.55. The molecule has 2 amide bonds. The zero-order chi connectivity index (χ0) is 26.0. The molecule has 3 aromatic carbocycles. The quantitative estimate of drug-likeness (QED) is 0.413. The fourth-order valence-electron chi connectivity index (χ4n) is 4.32. The number of benzene rings is 3. The van der Waals surface area contributed by atoms with Gasteiger partial charge in [-0.3, -0.25) is 9.59 Å². The highest BCUT2D eigenvalue weighted by atomic mass is 35.5. The highest BCUT2D eigenvalue weighted by molar-refractivity contribution is 6.30. The van der Waals surface area contributed by atoms with Crippen molar-refractivity contribution < 1.29 is 14.3 Å². The van der Waals surface area contributed by atoms with Gasteiger partial charge >= 0.3 is 0 Å². The van der Waals surface area contributed by atoms with Gasteiger partial charge in [-0.2, -0.15) is 0 Å². The van der Waals surface area contributed by atoms with Gasteiger partial charge in [0, 0.05) is 17.6 Å². The van der Waals surface area contributed by atoms with Crippen molar-refractivity contribution >= 4 is 29.1 Å². The third-order valence-corrected chi connectivity index (χ3v) is 6.54. The molecule has 0 radical (unpaired) electrons. The Morgan fingerprint density at radius 1 is 0.946 bits per heavy atom. The predicted molar refractivity (Wildman–Crippen MR) is 147 cm³/mol. The summed E-state index contributed by atoms with van der Waals surface area (Å²) >= 11 is 6.07. The summed E-state index contributed by atoms with van der Waals surface area (Å²) in [5.41, 5.74) is 1.57. The number of para-hydroxylation sites is 3. The number of halogens is 1. The molecule has 8 heteroatoms. The van der Waals surface area contributed by atoms with Gasteiger partial charge in [0.2, 0.25) is 11.8 Å². The zero-order valence-corrected chi connectivity index (χ0v) is 21.8. The molecule has 0 atom stereocenters. The van der Waals surface area contributed by atoms with Gasteiger partial charge in [0.15, 0.2) is 5.75 Å². The molecular weight excluding hydrogens is 488 g/mol. The standard InChI is InChI=1S/C29H33ClN4O3/c1-33-16-14-24(15-17-33)32-29(36)21-34(20-28(35)31-19-22-8-7-9-23(30)18-22)26-12-5-6-13-27(26)37-25-10-3-2-4-11-25/h2-13,18,24H,14-17,19-21H2,1H3,(H,31,35)(H,32,36). The minimum absolute atomic E-state index is 0.00342. The number of piperidine rings is 1. The number of likely N-dealkylation sites (tertiary alicyclic amines) is 1. The van der Waals surface area contributed by atoms with Crippen LogP contribution in [0.25, 0.3) is 0 Å². The fraction of sp³-hybridized carbons (Fsp3) is 0.310. The zero-order valence-electron chi connectivity index (χ0n) is 21.0. The van der Waals surface area contributed by atoms with Crippen LogP contribution in [0.3, 0.4) is 0 Å². The van der Waals surface area contributed by atoms with Crippen LogP contribution in [0.15, 0.2) is 78.9 Å². The number of hydrogen-bond acceptors (Lipinski definition) is 5. The van der Waals surface area contributed by atoms with Crippen molar-refractivity contribution in [1.82, 2.24) is 15.5 Å². The van der Waals surface area contributed by atoms with E-state index < -0.39 is 0 Å². The normalized spacial score (nSPS) is 14.1. The van der Waals surface area contributed by atoms with Crippen LogP contribution in [0.4, 0.5) is 5.69 Å². The fourth-order valence-corrected chi connectivity index (χ4v) is 4.54.